The smallest absolute Gasteiger partial charge is 0.219 e. The number of carbonyl (C=O) groups excluding carboxylic acids is 1. The second-order valence-electron chi connectivity index (χ2n) is 5.63. The lowest BCUT2D eigenvalue weighted by atomic mass is 9.84. The molecule has 0 saturated carbocycles. The third kappa shape index (κ3) is 2.20. The number of hydrogen-bond donors (Lipinski definition) is 0. The molecule has 3 aliphatic rings. The number of ether oxygens (including phenoxy) is 1. The molecule has 0 atom stereocenters. The van der Waals surface area contributed by atoms with Gasteiger partial charge in [-0.1, -0.05) is 6.08 Å². The average molecular weight is 263 g/mol. The van der Waals surface area contributed by atoms with Crippen molar-refractivity contribution < 1.29 is 13.9 Å². The van der Waals surface area contributed by atoms with E-state index >= 15 is 0 Å². The highest BCUT2D eigenvalue weighted by Gasteiger charge is 2.43. The van der Waals surface area contributed by atoms with Crippen LogP contribution in [-0.4, -0.2) is 29.5 Å². The van der Waals surface area contributed by atoms with Crippen molar-refractivity contribution in [2.45, 2.75) is 38.2 Å². The maximum atomic E-state index is 12.6. The predicted molar refractivity (Wildman–Crippen MR) is 69.9 cm³/mol. The molecule has 19 heavy (non-hydrogen) atoms. The molecule has 0 unspecified atom stereocenters. The first-order valence-corrected chi connectivity index (χ1v) is 6.76. The van der Waals surface area contributed by atoms with E-state index in [0.29, 0.717) is 18.3 Å². The van der Waals surface area contributed by atoms with Crippen molar-refractivity contribution in [3.8, 4) is 0 Å². The number of likely N-dealkylation sites (tertiary alicyclic amines) is 1. The van der Waals surface area contributed by atoms with Crippen LogP contribution in [0.15, 0.2) is 35.4 Å². The molecular formula is C15H18FNO2. The highest BCUT2D eigenvalue weighted by Crippen LogP contribution is 2.45. The largest absolute Gasteiger partial charge is 0.487 e. The van der Waals surface area contributed by atoms with Crippen LogP contribution in [0.5, 0.6) is 0 Å². The van der Waals surface area contributed by atoms with Crippen LogP contribution in [0.2, 0.25) is 0 Å². The van der Waals surface area contributed by atoms with E-state index in [4.69, 9.17) is 4.74 Å². The summed E-state index contributed by atoms with van der Waals surface area (Å²) in [6, 6.07) is 0. The molecule has 2 heterocycles. The summed E-state index contributed by atoms with van der Waals surface area (Å²) in [4.78, 5) is 13.2. The molecule has 0 radical (unpaired) electrons. The summed E-state index contributed by atoms with van der Waals surface area (Å²) in [5.41, 5.74) is 1.75. The second kappa shape index (κ2) is 4.51. The Labute approximate surface area is 112 Å². The van der Waals surface area contributed by atoms with Gasteiger partial charge in [0.05, 0.1) is 6.33 Å². The number of allylic oxidation sites excluding steroid dienone is 3. The molecule has 3 rings (SSSR count). The maximum absolute atomic E-state index is 12.6. The molecule has 1 aliphatic carbocycles. The third-order valence-electron chi connectivity index (χ3n) is 4.34. The Morgan fingerprint density at radius 2 is 2.16 bits per heavy atom. The van der Waals surface area contributed by atoms with Crippen LogP contribution in [0.25, 0.3) is 0 Å². The molecule has 0 N–H and O–H groups in total. The highest BCUT2D eigenvalue weighted by molar-refractivity contribution is 5.73. The lowest BCUT2D eigenvalue weighted by Gasteiger charge is -2.38. The Hall–Kier alpha value is -1.58. The van der Waals surface area contributed by atoms with E-state index in [-0.39, 0.29) is 11.5 Å². The lowest BCUT2D eigenvalue weighted by Crippen LogP contribution is -2.46. The molecule has 1 fully saturated rings. The van der Waals surface area contributed by atoms with Crippen LogP contribution >= 0.6 is 0 Å². The fraction of sp³-hybridized carbons (Fsp3) is 0.533. The van der Waals surface area contributed by atoms with Crippen LogP contribution in [-0.2, 0) is 9.53 Å². The number of piperidine rings is 1. The molecule has 102 valence electrons. The van der Waals surface area contributed by atoms with Gasteiger partial charge in [-0.15, -0.1) is 0 Å². The van der Waals surface area contributed by atoms with Gasteiger partial charge in [0.25, 0.3) is 0 Å². The zero-order chi connectivity index (χ0) is 13.5. The minimum Gasteiger partial charge on any atom is -0.487 e. The van der Waals surface area contributed by atoms with E-state index in [1.165, 1.54) is 5.57 Å². The fourth-order valence-corrected chi connectivity index (χ4v) is 3.19. The Bertz CT molecular complexity index is 496. The average Bonchev–Trinajstić information content (AvgIpc) is 2.75. The standard InChI is InChI=1S/C15H18FNO2/c1-11(18)17-6-4-15(5-7-17)9-13-8-12(10-16)2-3-14(13)19-15/h2-3,10H,4-9H2,1H3. The topological polar surface area (TPSA) is 29.5 Å². The zero-order valence-corrected chi connectivity index (χ0v) is 11.1. The van der Waals surface area contributed by atoms with Gasteiger partial charge in [0.1, 0.15) is 11.4 Å². The number of carbonyl (C=O) groups is 1. The van der Waals surface area contributed by atoms with Crippen LogP contribution in [0.4, 0.5) is 4.39 Å². The van der Waals surface area contributed by atoms with Crippen molar-refractivity contribution in [2.24, 2.45) is 0 Å². The molecule has 1 amide bonds. The van der Waals surface area contributed by atoms with Crippen molar-refractivity contribution in [3.05, 3.63) is 35.4 Å². The normalized spacial score (nSPS) is 26.8. The van der Waals surface area contributed by atoms with Crippen molar-refractivity contribution >= 4 is 5.91 Å². The summed E-state index contributed by atoms with van der Waals surface area (Å²) in [5.74, 6) is 1.05. The summed E-state index contributed by atoms with van der Waals surface area (Å²) in [5, 5.41) is 0. The van der Waals surface area contributed by atoms with Gasteiger partial charge in [-0.3, -0.25) is 4.79 Å². The summed E-state index contributed by atoms with van der Waals surface area (Å²) in [6.07, 6.45) is 7.57. The van der Waals surface area contributed by atoms with E-state index in [1.807, 2.05) is 11.0 Å². The molecule has 1 saturated heterocycles. The van der Waals surface area contributed by atoms with E-state index < -0.39 is 0 Å². The molecule has 0 aromatic carbocycles. The fourth-order valence-electron chi connectivity index (χ4n) is 3.19. The SMILES string of the molecule is CC(=O)N1CCC2(CC1)CC1=C(C=CC(=CF)C1)O2. The quantitative estimate of drug-likeness (QED) is 0.672. The number of hydrogen-bond acceptors (Lipinski definition) is 2. The monoisotopic (exact) mass is 263 g/mol. The van der Waals surface area contributed by atoms with Crippen LogP contribution in [0.3, 0.4) is 0 Å². The van der Waals surface area contributed by atoms with Gasteiger partial charge in [-0.2, -0.15) is 0 Å². The van der Waals surface area contributed by atoms with Crippen LogP contribution in [0, 0.1) is 0 Å². The molecule has 1 spiro atoms. The van der Waals surface area contributed by atoms with Gasteiger partial charge < -0.3 is 9.64 Å². The molecule has 4 heteroatoms. The zero-order valence-electron chi connectivity index (χ0n) is 11.1. The van der Waals surface area contributed by atoms with Crippen molar-refractivity contribution in [1.82, 2.24) is 4.90 Å². The van der Waals surface area contributed by atoms with Gasteiger partial charge in [-0.05, 0) is 23.6 Å². The predicted octanol–water partition coefficient (Wildman–Crippen LogP) is 2.86. The summed E-state index contributed by atoms with van der Waals surface area (Å²) in [7, 11) is 0. The minimum absolute atomic E-state index is 0.133. The summed E-state index contributed by atoms with van der Waals surface area (Å²) in [6.45, 7) is 3.12. The molecule has 0 aromatic heterocycles. The first-order valence-electron chi connectivity index (χ1n) is 6.76. The molecule has 0 bridgehead atoms. The van der Waals surface area contributed by atoms with Crippen LogP contribution in [0.1, 0.15) is 32.6 Å². The minimum atomic E-state index is -0.160. The Morgan fingerprint density at radius 1 is 1.42 bits per heavy atom. The first kappa shape index (κ1) is 12.5. The lowest BCUT2D eigenvalue weighted by molar-refractivity contribution is -0.133. The Balaban J connectivity index is 1.69. The van der Waals surface area contributed by atoms with Gasteiger partial charge in [0.2, 0.25) is 5.91 Å². The van der Waals surface area contributed by atoms with Crippen LogP contribution < -0.4 is 0 Å². The second-order valence-corrected chi connectivity index (χ2v) is 5.63. The Morgan fingerprint density at radius 3 is 2.79 bits per heavy atom. The Kier molecular flexibility index (Phi) is 2.96. The molecular weight excluding hydrogens is 245 g/mol. The van der Waals surface area contributed by atoms with Crippen molar-refractivity contribution in [3.63, 3.8) is 0 Å². The summed E-state index contributed by atoms with van der Waals surface area (Å²) >= 11 is 0. The number of amides is 1. The molecule has 2 aliphatic heterocycles. The van der Waals surface area contributed by atoms with Gasteiger partial charge in [0.15, 0.2) is 0 Å². The van der Waals surface area contributed by atoms with E-state index in [2.05, 4.69) is 0 Å². The van der Waals surface area contributed by atoms with Gasteiger partial charge >= 0.3 is 0 Å². The van der Waals surface area contributed by atoms with Crippen molar-refractivity contribution in [1.29, 1.82) is 0 Å². The first-order chi connectivity index (χ1) is 9.12. The number of halogens is 1. The van der Waals surface area contributed by atoms with Crippen molar-refractivity contribution in [2.75, 3.05) is 13.1 Å². The van der Waals surface area contributed by atoms with E-state index in [0.717, 1.165) is 38.1 Å². The molecule has 3 nitrogen and oxygen atoms in total. The van der Waals surface area contributed by atoms with E-state index in [9.17, 15) is 9.18 Å². The summed E-state index contributed by atoms with van der Waals surface area (Å²) < 4.78 is 18.7. The highest BCUT2D eigenvalue weighted by atomic mass is 19.1. The van der Waals surface area contributed by atoms with E-state index in [1.54, 1.807) is 13.0 Å². The van der Waals surface area contributed by atoms with Gasteiger partial charge in [0, 0.05) is 39.3 Å². The van der Waals surface area contributed by atoms with Gasteiger partial charge in [-0.25, -0.2) is 4.39 Å². The third-order valence-corrected chi connectivity index (χ3v) is 4.34. The number of rotatable bonds is 0. The molecule has 0 aromatic rings. The maximum Gasteiger partial charge on any atom is 0.219 e. The number of nitrogens with zero attached hydrogens (tertiary/aromatic N) is 1.